The van der Waals surface area contributed by atoms with E-state index in [2.05, 4.69) is 6.92 Å². The van der Waals surface area contributed by atoms with Crippen LogP contribution in [0.15, 0.2) is 0 Å². The number of halogens is 1. The van der Waals surface area contributed by atoms with Gasteiger partial charge in [0.25, 0.3) is 0 Å². The standard InChI is InChI=1S/C10H20ClNO3S/c1-8-4-5-12(7-10(8)15-3)16(13,14)9(2)6-11/h8-10H,4-7H2,1-3H3. The lowest BCUT2D eigenvalue weighted by Gasteiger charge is -2.36. The molecule has 3 unspecified atom stereocenters. The highest BCUT2D eigenvalue weighted by molar-refractivity contribution is 7.89. The highest BCUT2D eigenvalue weighted by atomic mass is 35.5. The van der Waals surface area contributed by atoms with Gasteiger partial charge in [-0.05, 0) is 19.3 Å². The Morgan fingerprint density at radius 1 is 1.56 bits per heavy atom. The van der Waals surface area contributed by atoms with Crippen LogP contribution in [0.1, 0.15) is 20.3 Å². The zero-order valence-corrected chi connectivity index (χ0v) is 11.6. The number of methoxy groups -OCH3 is 1. The lowest BCUT2D eigenvalue weighted by atomic mass is 9.97. The third kappa shape index (κ3) is 2.88. The fourth-order valence-electron chi connectivity index (χ4n) is 1.88. The van der Waals surface area contributed by atoms with E-state index < -0.39 is 15.3 Å². The van der Waals surface area contributed by atoms with Gasteiger partial charge in [-0.1, -0.05) is 6.92 Å². The minimum absolute atomic E-state index is 0.00829. The summed E-state index contributed by atoms with van der Waals surface area (Å²) < 4.78 is 31.0. The minimum Gasteiger partial charge on any atom is -0.380 e. The molecular formula is C10H20ClNO3S. The maximum Gasteiger partial charge on any atom is 0.217 e. The van der Waals surface area contributed by atoms with Crippen LogP contribution in [0.25, 0.3) is 0 Å². The third-order valence-electron chi connectivity index (χ3n) is 3.24. The van der Waals surface area contributed by atoms with Crippen LogP contribution in [-0.2, 0) is 14.8 Å². The number of rotatable bonds is 4. The van der Waals surface area contributed by atoms with Gasteiger partial charge in [0.05, 0.1) is 11.4 Å². The summed E-state index contributed by atoms with van der Waals surface area (Å²) >= 11 is 5.62. The number of nitrogens with zero attached hydrogens (tertiary/aromatic N) is 1. The highest BCUT2D eigenvalue weighted by Crippen LogP contribution is 2.23. The third-order valence-corrected chi connectivity index (χ3v) is 6.12. The quantitative estimate of drug-likeness (QED) is 0.723. The van der Waals surface area contributed by atoms with E-state index in [1.165, 1.54) is 4.31 Å². The SMILES string of the molecule is COC1CN(S(=O)(=O)C(C)CCl)CCC1C. The molecule has 0 amide bonds. The summed E-state index contributed by atoms with van der Waals surface area (Å²) in [5.41, 5.74) is 0. The van der Waals surface area contributed by atoms with Crippen LogP contribution >= 0.6 is 11.6 Å². The molecule has 1 saturated heterocycles. The van der Waals surface area contributed by atoms with Gasteiger partial charge in [0, 0.05) is 26.1 Å². The summed E-state index contributed by atoms with van der Waals surface area (Å²) in [6.45, 7) is 4.75. The van der Waals surface area contributed by atoms with Crippen molar-refractivity contribution in [2.45, 2.75) is 31.6 Å². The predicted octanol–water partition coefficient (Wildman–Crippen LogP) is 1.30. The van der Waals surface area contributed by atoms with Crippen LogP contribution in [0.5, 0.6) is 0 Å². The van der Waals surface area contributed by atoms with E-state index in [1.54, 1.807) is 14.0 Å². The molecule has 1 fully saturated rings. The molecule has 0 bridgehead atoms. The van der Waals surface area contributed by atoms with Gasteiger partial charge >= 0.3 is 0 Å². The first-order chi connectivity index (χ1) is 7.43. The molecule has 1 aliphatic heterocycles. The van der Waals surface area contributed by atoms with Gasteiger partial charge in [-0.25, -0.2) is 8.42 Å². The molecule has 1 rings (SSSR count). The number of ether oxygens (including phenoxy) is 1. The van der Waals surface area contributed by atoms with E-state index in [1.807, 2.05) is 0 Å². The van der Waals surface area contributed by atoms with E-state index in [0.29, 0.717) is 19.0 Å². The van der Waals surface area contributed by atoms with E-state index in [0.717, 1.165) is 6.42 Å². The van der Waals surface area contributed by atoms with Crippen LogP contribution in [0.4, 0.5) is 0 Å². The van der Waals surface area contributed by atoms with Crippen LogP contribution in [0, 0.1) is 5.92 Å². The Morgan fingerprint density at radius 2 is 2.19 bits per heavy atom. The van der Waals surface area contributed by atoms with Crippen molar-refractivity contribution in [2.75, 3.05) is 26.1 Å². The first kappa shape index (κ1) is 14.2. The average Bonchev–Trinajstić information content (AvgIpc) is 2.28. The molecule has 16 heavy (non-hydrogen) atoms. The van der Waals surface area contributed by atoms with E-state index in [9.17, 15) is 8.42 Å². The van der Waals surface area contributed by atoms with Crippen LogP contribution < -0.4 is 0 Å². The lowest BCUT2D eigenvalue weighted by molar-refractivity contribution is 0.0182. The van der Waals surface area contributed by atoms with Crippen molar-refractivity contribution in [1.82, 2.24) is 4.31 Å². The maximum absolute atomic E-state index is 12.1. The summed E-state index contributed by atoms with van der Waals surface area (Å²) in [5.74, 6) is 0.536. The molecular weight excluding hydrogens is 250 g/mol. The monoisotopic (exact) mass is 269 g/mol. The van der Waals surface area contributed by atoms with Crippen LogP contribution in [0.3, 0.4) is 0 Å². The summed E-state index contributed by atoms with van der Waals surface area (Å²) in [7, 11) is -1.63. The molecule has 0 aromatic rings. The zero-order chi connectivity index (χ0) is 12.3. The predicted molar refractivity (Wildman–Crippen MR) is 65.3 cm³/mol. The molecule has 1 aliphatic rings. The normalized spacial score (nSPS) is 30.2. The summed E-state index contributed by atoms with van der Waals surface area (Å²) in [6.07, 6.45) is 0.832. The Bertz CT molecular complexity index is 320. The summed E-state index contributed by atoms with van der Waals surface area (Å²) in [6, 6.07) is 0. The molecule has 0 aromatic heterocycles. The second-order valence-electron chi connectivity index (χ2n) is 4.41. The Kier molecular flexibility index (Phi) is 5.04. The van der Waals surface area contributed by atoms with E-state index >= 15 is 0 Å². The Hall–Kier alpha value is 0.160. The molecule has 0 aromatic carbocycles. The smallest absolute Gasteiger partial charge is 0.217 e. The maximum atomic E-state index is 12.1. The van der Waals surface area contributed by atoms with Gasteiger partial charge in [0.15, 0.2) is 0 Å². The van der Waals surface area contributed by atoms with Gasteiger partial charge < -0.3 is 4.74 Å². The molecule has 1 heterocycles. The Labute approximate surface area is 103 Å². The molecule has 96 valence electrons. The number of piperidine rings is 1. The fourth-order valence-corrected chi connectivity index (χ4v) is 3.74. The van der Waals surface area contributed by atoms with Gasteiger partial charge in [-0.15, -0.1) is 11.6 Å². The number of sulfonamides is 1. The number of alkyl halides is 1. The molecule has 4 nitrogen and oxygen atoms in total. The van der Waals surface area contributed by atoms with Crippen molar-refractivity contribution in [1.29, 1.82) is 0 Å². The second kappa shape index (κ2) is 5.67. The van der Waals surface area contributed by atoms with Gasteiger partial charge in [0.1, 0.15) is 0 Å². The highest BCUT2D eigenvalue weighted by Gasteiger charge is 2.35. The minimum atomic E-state index is -3.26. The van der Waals surface area contributed by atoms with Crippen LogP contribution in [0.2, 0.25) is 0 Å². The van der Waals surface area contributed by atoms with Gasteiger partial charge in [-0.2, -0.15) is 4.31 Å². The van der Waals surface area contributed by atoms with Crippen LogP contribution in [-0.4, -0.2) is 50.2 Å². The number of hydrogen-bond donors (Lipinski definition) is 0. The van der Waals surface area contributed by atoms with Gasteiger partial charge in [0.2, 0.25) is 10.0 Å². The van der Waals surface area contributed by atoms with Gasteiger partial charge in [-0.3, -0.25) is 0 Å². The van der Waals surface area contributed by atoms with Crippen molar-refractivity contribution in [3.05, 3.63) is 0 Å². The largest absolute Gasteiger partial charge is 0.380 e. The van der Waals surface area contributed by atoms with Crippen molar-refractivity contribution in [3.8, 4) is 0 Å². The van der Waals surface area contributed by atoms with Crippen molar-refractivity contribution >= 4 is 21.6 Å². The molecule has 3 atom stereocenters. The fraction of sp³-hybridized carbons (Fsp3) is 1.00. The molecule has 0 spiro atoms. The Morgan fingerprint density at radius 3 is 2.69 bits per heavy atom. The summed E-state index contributed by atoms with van der Waals surface area (Å²) in [5, 5.41) is -0.528. The number of hydrogen-bond acceptors (Lipinski definition) is 3. The lowest BCUT2D eigenvalue weighted by Crippen LogP contribution is -2.49. The van der Waals surface area contributed by atoms with E-state index in [-0.39, 0.29) is 12.0 Å². The Balaban J connectivity index is 2.75. The second-order valence-corrected chi connectivity index (χ2v) is 7.07. The topological polar surface area (TPSA) is 46.6 Å². The van der Waals surface area contributed by atoms with Crippen molar-refractivity contribution < 1.29 is 13.2 Å². The molecule has 0 saturated carbocycles. The summed E-state index contributed by atoms with van der Waals surface area (Å²) in [4.78, 5) is 0. The van der Waals surface area contributed by atoms with Crippen molar-refractivity contribution in [2.24, 2.45) is 5.92 Å². The first-order valence-corrected chi connectivity index (χ1v) is 7.55. The first-order valence-electron chi connectivity index (χ1n) is 5.51. The molecule has 0 radical (unpaired) electrons. The molecule has 0 N–H and O–H groups in total. The zero-order valence-electron chi connectivity index (χ0n) is 10.0. The molecule has 6 heteroatoms. The van der Waals surface area contributed by atoms with Crippen molar-refractivity contribution in [3.63, 3.8) is 0 Å². The molecule has 0 aliphatic carbocycles. The van der Waals surface area contributed by atoms with E-state index in [4.69, 9.17) is 16.3 Å². The average molecular weight is 270 g/mol.